The molecule has 0 fully saturated rings. The van der Waals surface area contributed by atoms with E-state index in [1.165, 1.54) is 5.56 Å². The van der Waals surface area contributed by atoms with Crippen LogP contribution < -0.4 is 4.74 Å². The Morgan fingerprint density at radius 1 is 1.50 bits per heavy atom. The summed E-state index contributed by atoms with van der Waals surface area (Å²) in [6.07, 6.45) is 2.61. The number of hydrogen-bond donors (Lipinski definition) is 0. The first-order valence-corrected chi connectivity index (χ1v) is 5.20. The third-order valence-corrected chi connectivity index (χ3v) is 2.82. The Morgan fingerprint density at radius 3 is 2.79 bits per heavy atom. The van der Waals surface area contributed by atoms with E-state index in [2.05, 4.69) is 18.8 Å². The van der Waals surface area contributed by atoms with E-state index in [1.807, 2.05) is 12.1 Å². The van der Waals surface area contributed by atoms with Crippen molar-refractivity contribution in [3.63, 3.8) is 0 Å². The van der Waals surface area contributed by atoms with Gasteiger partial charge in [0.2, 0.25) is 5.88 Å². The molecule has 0 saturated heterocycles. The lowest BCUT2D eigenvalue weighted by Gasteiger charge is -2.13. The van der Waals surface area contributed by atoms with Crippen molar-refractivity contribution in [1.82, 2.24) is 4.98 Å². The summed E-state index contributed by atoms with van der Waals surface area (Å²) in [6.45, 7) is 4.24. The van der Waals surface area contributed by atoms with Crippen molar-refractivity contribution in [2.75, 3.05) is 7.11 Å². The number of rotatable bonds is 4. The minimum atomic E-state index is 0.169. The third kappa shape index (κ3) is 3.18. The number of ether oxygens (including phenoxy) is 1. The first-order chi connectivity index (χ1) is 6.63. The van der Waals surface area contributed by atoms with Crippen LogP contribution in [0.25, 0.3) is 0 Å². The highest BCUT2D eigenvalue weighted by atomic mass is 35.5. The van der Waals surface area contributed by atoms with E-state index in [0.29, 0.717) is 11.8 Å². The number of pyridine rings is 1. The van der Waals surface area contributed by atoms with E-state index < -0.39 is 0 Å². The normalized spacial score (nSPS) is 12.9. The zero-order chi connectivity index (χ0) is 10.6. The van der Waals surface area contributed by atoms with Crippen LogP contribution in [0.5, 0.6) is 5.88 Å². The number of halogens is 1. The summed E-state index contributed by atoms with van der Waals surface area (Å²) in [7, 11) is 1.62. The molecular formula is C11H16ClNO. The van der Waals surface area contributed by atoms with E-state index >= 15 is 0 Å². The van der Waals surface area contributed by atoms with Gasteiger partial charge in [0.1, 0.15) is 0 Å². The molecule has 0 aliphatic carbocycles. The second-order valence-corrected chi connectivity index (χ2v) is 4.23. The molecule has 0 spiro atoms. The monoisotopic (exact) mass is 213 g/mol. The molecule has 0 saturated carbocycles. The molecule has 1 aromatic rings. The van der Waals surface area contributed by atoms with Crippen LogP contribution in [0.3, 0.4) is 0 Å². The lowest BCUT2D eigenvalue weighted by Crippen LogP contribution is -2.11. The fourth-order valence-electron chi connectivity index (χ4n) is 1.15. The molecule has 0 radical (unpaired) electrons. The van der Waals surface area contributed by atoms with Crippen LogP contribution in [0.1, 0.15) is 19.4 Å². The fraction of sp³-hybridized carbons (Fsp3) is 0.545. The van der Waals surface area contributed by atoms with Gasteiger partial charge in [0.25, 0.3) is 0 Å². The molecule has 1 aromatic heterocycles. The largest absolute Gasteiger partial charge is 0.481 e. The minimum Gasteiger partial charge on any atom is -0.481 e. The molecule has 0 aliphatic heterocycles. The summed E-state index contributed by atoms with van der Waals surface area (Å²) in [6, 6.07) is 3.90. The van der Waals surface area contributed by atoms with Gasteiger partial charge in [-0.15, -0.1) is 11.6 Å². The Morgan fingerprint density at radius 2 is 2.21 bits per heavy atom. The molecule has 0 aliphatic rings. The smallest absolute Gasteiger partial charge is 0.213 e. The molecule has 14 heavy (non-hydrogen) atoms. The molecule has 0 N–H and O–H groups in total. The molecule has 2 nitrogen and oxygen atoms in total. The molecule has 0 amide bonds. The van der Waals surface area contributed by atoms with Gasteiger partial charge in [-0.3, -0.25) is 0 Å². The predicted octanol–water partition coefficient (Wildman–Crippen LogP) is 2.90. The highest BCUT2D eigenvalue weighted by Crippen LogP contribution is 2.17. The summed E-state index contributed by atoms with van der Waals surface area (Å²) < 4.78 is 5.04. The summed E-state index contributed by atoms with van der Waals surface area (Å²) in [5.41, 5.74) is 1.17. The fourth-order valence-corrected chi connectivity index (χ4v) is 1.33. The summed E-state index contributed by atoms with van der Waals surface area (Å²) in [4.78, 5) is 4.04. The molecule has 3 heteroatoms. The van der Waals surface area contributed by atoms with Gasteiger partial charge in [0, 0.05) is 17.6 Å². The quantitative estimate of drug-likeness (QED) is 0.718. The van der Waals surface area contributed by atoms with E-state index in [-0.39, 0.29) is 5.38 Å². The van der Waals surface area contributed by atoms with Crippen LogP contribution in [-0.2, 0) is 6.42 Å². The summed E-state index contributed by atoms with van der Waals surface area (Å²) >= 11 is 6.18. The molecule has 0 aromatic carbocycles. The topological polar surface area (TPSA) is 22.1 Å². The van der Waals surface area contributed by atoms with Crippen LogP contribution in [0.2, 0.25) is 0 Å². The van der Waals surface area contributed by atoms with E-state index in [4.69, 9.17) is 16.3 Å². The maximum absolute atomic E-state index is 6.18. The van der Waals surface area contributed by atoms with Crippen LogP contribution >= 0.6 is 11.6 Å². The number of aromatic nitrogens is 1. The molecular weight excluding hydrogens is 198 g/mol. The Balaban J connectivity index is 2.66. The number of methoxy groups -OCH3 is 1. The standard InChI is InChI=1S/C11H16ClNO/c1-8(2)10(12)6-9-4-5-13-11(7-9)14-3/h4-5,7-8,10H,6H2,1-3H3. The van der Waals surface area contributed by atoms with Crippen LogP contribution in [0, 0.1) is 5.92 Å². The van der Waals surface area contributed by atoms with Crippen molar-refractivity contribution in [3.05, 3.63) is 23.9 Å². The Bertz CT molecular complexity index is 288. The van der Waals surface area contributed by atoms with Gasteiger partial charge >= 0.3 is 0 Å². The SMILES string of the molecule is COc1cc(CC(Cl)C(C)C)ccn1. The first-order valence-electron chi connectivity index (χ1n) is 4.76. The van der Waals surface area contributed by atoms with Gasteiger partial charge < -0.3 is 4.74 Å². The number of hydrogen-bond acceptors (Lipinski definition) is 2. The van der Waals surface area contributed by atoms with Crippen molar-refractivity contribution in [1.29, 1.82) is 0 Å². The lowest BCUT2D eigenvalue weighted by molar-refractivity contribution is 0.397. The number of nitrogens with zero attached hydrogens (tertiary/aromatic N) is 1. The van der Waals surface area contributed by atoms with Crippen molar-refractivity contribution in [2.24, 2.45) is 5.92 Å². The van der Waals surface area contributed by atoms with Crippen molar-refractivity contribution in [2.45, 2.75) is 25.6 Å². The predicted molar refractivity (Wildman–Crippen MR) is 59.0 cm³/mol. The molecule has 78 valence electrons. The van der Waals surface area contributed by atoms with Crippen molar-refractivity contribution < 1.29 is 4.74 Å². The maximum atomic E-state index is 6.18. The number of alkyl halides is 1. The molecule has 1 rings (SSSR count). The van der Waals surface area contributed by atoms with Gasteiger partial charge in [-0.05, 0) is 24.0 Å². The zero-order valence-electron chi connectivity index (χ0n) is 8.83. The Kier molecular flexibility index (Phi) is 4.21. The average Bonchev–Trinajstić information content (AvgIpc) is 2.18. The van der Waals surface area contributed by atoms with Gasteiger partial charge in [-0.2, -0.15) is 0 Å². The first kappa shape index (κ1) is 11.3. The Hall–Kier alpha value is -0.760. The van der Waals surface area contributed by atoms with Gasteiger partial charge in [0.05, 0.1) is 7.11 Å². The molecule has 0 bridgehead atoms. The lowest BCUT2D eigenvalue weighted by atomic mass is 10.0. The summed E-state index contributed by atoms with van der Waals surface area (Å²) in [5.74, 6) is 1.13. The van der Waals surface area contributed by atoms with E-state index in [9.17, 15) is 0 Å². The van der Waals surface area contributed by atoms with Crippen LogP contribution in [0.15, 0.2) is 18.3 Å². The highest BCUT2D eigenvalue weighted by Gasteiger charge is 2.10. The average molecular weight is 214 g/mol. The summed E-state index contributed by atoms with van der Waals surface area (Å²) in [5, 5.41) is 0.169. The molecule has 1 heterocycles. The van der Waals surface area contributed by atoms with E-state index in [1.54, 1.807) is 13.3 Å². The van der Waals surface area contributed by atoms with Gasteiger partial charge in [-0.25, -0.2) is 4.98 Å². The van der Waals surface area contributed by atoms with Gasteiger partial charge in [-0.1, -0.05) is 13.8 Å². The van der Waals surface area contributed by atoms with E-state index in [0.717, 1.165) is 6.42 Å². The van der Waals surface area contributed by atoms with Crippen molar-refractivity contribution >= 4 is 11.6 Å². The highest BCUT2D eigenvalue weighted by molar-refractivity contribution is 6.20. The van der Waals surface area contributed by atoms with Crippen LogP contribution in [0.4, 0.5) is 0 Å². The van der Waals surface area contributed by atoms with Gasteiger partial charge in [0.15, 0.2) is 0 Å². The molecule has 1 unspecified atom stereocenters. The van der Waals surface area contributed by atoms with Crippen molar-refractivity contribution in [3.8, 4) is 5.88 Å². The van der Waals surface area contributed by atoms with Crippen LogP contribution in [-0.4, -0.2) is 17.5 Å². The maximum Gasteiger partial charge on any atom is 0.213 e. The third-order valence-electron chi connectivity index (χ3n) is 2.16. The molecule has 1 atom stereocenters. The minimum absolute atomic E-state index is 0.169. The second-order valence-electron chi connectivity index (χ2n) is 3.67. The zero-order valence-corrected chi connectivity index (χ0v) is 9.58. The Labute approximate surface area is 90.3 Å². The second kappa shape index (κ2) is 5.20.